The van der Waals surface area contributed by atoms with E-state index in [9.17, 15) is 13.8 Å². The van der Waals surface area contributed by atoms with Crippen LogP contribution in [0, 0.1) is 5.92 Å². The summed E-state index contributed by atoms with van der Waals surface area (Å²) in [6.45, 7) is 0.164. The Bertz CT molecular complexity index is 1160. The fourth-order valence-corrected chi connectivity index (χ4v) is 4.68. The molecule has 1 aliphatic carbocycles. The molecule has 1 saturated carbocycles. The van der Waals surface area contributed by atoms with Gasteiger partial charge in [0, 0.05) is 12.4 Å². The molecule has 0 aliphatic heterocycles. The molecule has 4 rings (SSSR count). The van der Waals surface area contributed by atoms with Crippen LogP contribution < -0.4 is 5.32 Å². The largest absolute Gasteiger partial charge is 0.457 e. The zero-order chi connectivity index (χ0) is 24.6. The van der Waals surface area contributed by atoms with Gasteiger partial charge in [0.2, 0.25) is 5.91 Å². The van der Waals surface area contributed by atoms with E-state index < -0.39 is 23.1 Å². The van der Waals surface area contributed by atoms with Crippen molar-refractivity contribution < 1.29 is 23.1 Å². The maximum Gasteiger partial charge on any atom is 0.340 e. The number of aromatic nitrogens is 3. The summed E-state index contributed by atoms with van der Waals surface area (Å²) in [5.74, 6) is -0.0849. The van der Waals surface area contributed by atoms with E-state index in [1.165, 1.54) is 12.5 Å². The first-order valence-corrected chi connectivity index (χ1v) is 12.8. The number of imidazole rings is 1. The third kappa shape index (κ3) is 7.06. The molecule has 35 heavy (non-hydrogen) atoms. The number of hydrogen-bond acceptors (Lipinski definition) is 6. The molecule has 1 unspecified atom stereocenters. The quantitative estimate of drug-likeness (QED) is 0.320. The number of anilines is 1. The number of carbonyl (C=O) groups is 2. The summed E-state index contributed by atoms with van der Waals surface area (Å²) in [4.78, 5) is 33.9. The second-order valence-corrected chi connectivity index (χ2v) is 9.59. The number of carbonyl (C=O) groups excluding carboxylic acids is 2. The van der Waals surface area contributed by atoms with Crippen LogP contribution in [-0.2, 0) is 33.0 Å². The van der Waals surface area contributed by atoms with Gasteiger partial charge < -0.3 is 19.2 Å². The van der Waals surface area contributed by atoms with E-state index in [4.69, 9.17) is 9.29 Å². The number of esters is 1. The minimum Gasteiger partial charge on any atom is -0.457 e. The second kappa shape index (κ2) is 11.9. The van der Waals surface area contributed by atoms with E-state index in [1.54, 1.807) is 22.9 Å². The molecule has 3 aromatic rings. The summed E-state index contributed by atoms with van der Waals surface area (Å²) in [5, 5.41) is 2.83. The molecule has 9 nitrogen and oxygen atoms in total. The van der Waals surface area contributed by atoms with Crippen molar-refractivity contribution in [3.05, 3.63) is 78.0 Å². The highest BCUT2D eigenvalue weighted by molar-refractivity contribution is 7.78. The van der Waals surface area contributed by atoms with Gasteiger partial charge in [-0.1, -0.05) is 56.0 Å². The first-order chi connectivity index (χ1) is 17.0. The molecule has 1 aromatic carbocycles. The number of benzene rings is 1. The first-order valence-electron chi connectivity index (χ1n) is 11.6. The van der Waals surface area contributed by atoms with E-state index in [1.807, 2.05) is 30.3 Å². The van der Waals surface area contributed by atoms with Gasteiger partial charge >= 0.3 is 5.97 Å². The van der Waals surface area contributed by atoms with Gasteiger partial charge in [0.05, 0.1) is 23.3 Å². The van der Waals surface area contributed by atoms with Gasteiger partial charge in [0.1, 0.15) is 18.5 Å². The lowest BCUT2D eigenvalue weighted by molar-refractivity contribution is -0.119. The normalized spacial score (nSPS) is 15.5. The van der Waals surface area contributed by atoms with Gasteiger partial charge in [0.15, 0.2) is 11.1 Å². The number of nitrogens with zero attached hydrogens (tertiary/aromatic N) is 3. The smallest absolute Gasteiger partial charge is 0.340 e. The summed E-state index contributed by atoms with van der Waals surface area (Å²) < 4.78 is 27.3. The molecule has 1 amide bonds. The minimum absolute atomic E-state index is 0.0891. The zero-order valence-electron chi connectivity index (χ0n) is 19.2. The van der Waals surface area contributed by atoms with Crippen molar-refractivity contribution >= 4 is 28.8 Å². The standard InChI is InChI=1S/C25H28N4O5S/c30-24(22(12-18-6-4-5-7-18)29-14-21(27-17-29)16-35(32)33)28-23-11-10-20(13-26-23)25(31)34-15-19-8-2-1-3-9-19/h1-3,8-11,13-14,17-18,22H,4-7,12,15-16H2,(H,32,33)(H,26,28,30)/t22-/m0/s1. The second-order valence-electron chi connectivity index (χ2n) is 8.66. The maximum absolute atomic E-state index is 13.2. The van der Waals surface area contributed by atoms with Crippen molar-refractivity contribution in [1.29, 1.82) is 0 Å². The van der Waals surface area contributed by atoms with Crippen molar-refractivity contribution in [3.63, 3.8) is 0 Å². The Hall–Kier alpha value is -3.37. The molecule has 2 heterocycles. The first kappa shape index (κ1) is 24.7. The van der Waals surface area contributed by atoms with Gasteiger partial charge in [-0.2, -0.15) is 0 Å². The molecule has 0 saturated heterocycles. The van der Waals surface area contributed by atoms with Crippen LogP contribution in [0.2, 0.25) is 0 Å². The lowest BCUT2D eigenvalue weighted by Gasteiger charge is -2.21. The van der Waals surface area contributed by atoms with E-state index in [2.05, 4.69) is 15.3 Å². The zero-order valence-corrected chi connectivity index (χ0v) is 20.0. The highest BCUT2D eigenvalue weighted by Gasteiger charge is 2.27. The Morgan fingerprint density at radius 1 is 1.14 bits per heavy atom. The van der Waals surface area contributed by atoms with Gasteiger partial charge in [-0.3, -0.25) is 4.79 Å². The average Bonchev–Trinajstić information content (AvgIpc) is 3.54. The van der Waals surface area contributed by atoms with Gasteiger partial charge in [-0.15, -0.1) is 0 Å². The average molecular weight is 497 g/mol. The topological polar surface area (TPSA) is 123 Å². The Morgan fingerprint density at radius 2 is 1.91 bits per heavy atom. The Balaban J connectivity index is 1.40. The predicted molar refractivity (Wildman–Crippen MR) is 131 cm³/mol. The molecular formula is C25H28N4O5S. The van der Waals surface area contributed by atoms with Crippen LogP contribution in [-0.4, -0.2) is 35.2 Å². The lowest BCUT2D eigenvalue weighted by Crippen LogP contribution is -2.27. The number of amides is 1. The fraction of sp³-hybridized carbons (Fsp3) is 0.360. The third-order valence-corrected chi connectivity index (χ3v) is 6.63. The lowest BCUT2D eigenvalue weighted by atomic mass is 9.97. The van der Waals surface area contributed by atoms with E-state index in [0.29, 0.717) is 23.9 Å². The molecule has 0 radical (unpaired) electrons. The molecule has 0 bridgehead atoms. The van der Waals surface area contributed by atoms with Crippen LogP contribution in [0.4, 0.5) is 5.82 Å². The summed E-state index contributed by atoms with van der Waals surface area (Å²) in [7, 11) is 0. The number of ether oxygens (including phenoxy) is 1. The van der Waals surface area contributed by atoms with E-state index in [0.717, 1.165) is 31.2 Å². The Morgan fingerprint density at radius 3 is 2.60 bits per heavy atom. The van der Waals surface area contributed by atoms with Crippen LogP contribution in [0.3, 0.4) is 0 Å². The molecule has 10 heteroatoms. The van der Waals surface area contributed by atoms with Crippen LogP contribution in [0.1, 0.15) is 59.8 Å². The van der Waals surface area contributed by atoms with Crippen LogP contribution in [0.15, 0.2) is 61.2 Å². The van der Waals surface area contributed by atoms with Gasteiger partial charge in [0.25, 0.3) is 0 Å². The third-order valence-electron chi connectivity index (χ3n) is 6.08. The molecule has 0 spiro atoms. The number of pyridine rings is 1. The molecule has 2 N–H and O–H groups in total. The molecule has 1 aliphatic rings. The minimum atomic E-state index is -2.01. The molecule has 2 aromatic heterocycles. The molecule has 184 valence electrons. The summed E-state index contributed by atoms with van der Waals surface area (Å²) >= 11 is -2.01. The van der Waals surface area contributed by atoms with Crippen molar-refractivity contribution in [2.75, 3.05) is 5.32 Å². The summed E-state index contributed by atoms with van der Waals surface area (Å²) in [6, 6.07) is 12.0. The summed E-state index contributed by atoms with van der Waals surface area (Å²) in [6.07, 6.45) is 9.65. The monoisotopic (exact) mass is 496 g/mol. The SMILES string of the molecule is O=C(OCc1ccccc1)c1ccc(NC(=O)[C@H](CC2CCCC2)n2cnc(CS(=O)O)c2)nc1. The van der Waals surface area contributed by atoms with Gasteiger partial charge in [-0.25, -0.2) is 19.0 Å². The van der Waals surface area contributed by atoms with Crippen molar-refractivity contribution in [2.24, 2.45) is 5.92 Å². The van der Waals surface area contributed by atoms with E-state index in [-0.39, 0.29) is 23.8 Å². The number of nitrogens with one attached hydrogen (secondary N) is 1. The van der Waals surface area contributed by atoms with E-state index >= 15 is 0 Å². The Labute approximate surface area is 206 Å². The highest BCUT2D eigenvalue weighted by atomic mass is 32.2. The molecular weight excluding hydrogens is 468 g/mol. The highest BCUT2D eigenvalue weighted by Crippen LogP contribution is 2.32. The summed E-state index contributed by atoms with van der Waals surface area (Å²) in [5.41, 5.74) is 1.63. The predicted octanol–water partition coefficient (Wildman–Crippen LogP) is 4.12. The van der Waals surface area contributed by atoms with Gasteiger partial charge in [-0.05, 0) is 30.0 Å². The van der Waals surface area contributed by atoms with Crippen LogP contribution in [0.25, 0.3) is 0 Å². The molecule has 1 fully saturated rings. The number of hydrogen-bond donors (Lipinski definition) is 2. The van der Waals surface area contributed by atoms with Crippen molar-refractivity contribution in [1.82, 2.24) is 14.5 Å². The number of rotatable bonds is 10. The maximum atomic E-state index is 13.2. The molecule has 2 atom stereocenters. The Kier molecular flexibility index (Phi) is 8.38. The van der Waals surface area contributed by atoms with Crippen molar-refractivity contribution in [3.8, 4) is 0 Å². The van der Waals surface area contributed by atoms with Crippen LogP contribution >= 0.6 is 0 Å². The van der Waals surface area contributed by atoms with Crippen molar-refractivity contribution in [2.45, 2.75) is 50.5 Å². The van der Waals surface area contributed by atoms with Crippen LogP contribution in [0.5, 0.6) is 0 Å². The fourth-order valence-electron chi connectivity index (χ4n) is 4.28.